The first kappa shape index (κ1) is 24.7. The monoisotopic (exact) mass is 456 g/mol. The molecule has 1 aliphatic rings. The Morgan fingerprint density at radius 1 is 1.09 bits per heavy atom. The molecule has 1 heterocycles. The molecule has 0 aliphatic carbocycles. The van der Waals surface area contributed by atoms with Crippen LogP contribution in [0.2, 0.25) is 13.1 Å². The summed E-state index contributed by atoms with van der Waals surface area (Å²) in [5, 5.41) is 14.0. The van der Waals surface area contributed by atoms with Crippen molar-refractivity contribution in [3.8, 4) is 0 Å². The van der Waals surface area contributed by atoms with Gasteiger partial charge >= 0.3 is 6.09 Å². The zero-order valence-corrected chi connectivity index (χ0v) is 21.7. The van der Waals surface area contributed by atoms with Crippen molar-refractivity contribution in [2.24, 2.45) is 11.3 Å². The molecule has 2 aromatic rings. The smallest absolute Gasteiger partial charge is 0.412 e. The first-order valence-corrected chi connectivity index (χ1v) is 13.8. The van der Waals surface area contributed by atoms with E-state index in [4.69, 9.17) is 9.16 Å². The van der Waals surface area contributed by atoms with Crippen molar-refractivity contribution < 1.29 is 19.1 Å². The highest BCUT2D eigenvalue weighted by atomic mass is 28.3. The van der Waals surface area contributed by atoms with Gasteiger partial charge in [-0.15, -0.1) is 0 Å². The van der Waals surface area contributed by atoms with E-state index in [9.17, 15) is 9.90 Å². The van der Waals surface area contributed by atoms with Gasteiger partial charge in [-0.25, -0.2) is 4.79 Å². The van der Waals surface area contributed by atoms with E-state index in [0.29, 0.717) is 13.0 Å². The lowest BCUT2D eigenvalue weighted by atomic mass is 9.78. The minimum absolute atomic E-state index is 0.0527. The summed E-state index contributed by atoms with van der Waals surface area (Å²) in [5.41, 5.74) is -1.11. The average Bonchev–Trinajstić information content (AvgIpc) is 3.06. The number of aliphatic hydroxyl groups is 1. The number of carbonyl (C=O) groups excluding carboxylic acids is 1. The summed E-state index contributed by atoms with van der Waals surface area (Å²) in [5.74, 6) is 0.159. The van der Waals surface area contributed by atoms with E-state index >= 15 is 0 Å². The van der Waals surface area contributed by atoms with Crippen LogP contribution in [0.3, 0.4) is 0 Å². The molecule has 1 aliphatic heterocycles. The number of ether oxygens (including phenoxy) is 1. The molecule has 0 spiro atoms. The zero-order chi connectivity index (χ0) is 23.9. The van der Waals surface area contributed by atoms with Crippen molar-refractivity contribution in [3.63, 3.8) is 0 Å². The van der Waals surface area contributed by atoms with Crippen LogP contribution in [0.4, 0.5) is 4.79 Å². The van der Waals surface area contributed by atoms with Crippen LogP contribution in [-0.4, -0.2) is 43.0 Å². The molecule has 5 nitrogen and oxygen atoms in total. The lowest BCUT2D eigenvalue weighted by Gasteiger charge is -2.43. The normalized spacial score (nSPS) is 23.1. The highest BCUT2D eigenvalue weighted by molar-refractivity contribution is 6.48. The molecular weight excluding hydrogens is 418 g/mol. The molecule has 32 heavy (non-hydrogen) atoms. The van der Waals surface area contributed by atoms with Gasteiger partial charge in [0.15, 0.2) is 5.72 Å². The van der Waals surface area contributed by atoms with Gasteiger partial charge in [0, 0.05) is 13.0 Å². The lowest BCUT2D eigenvalue weighted by molar-refractivity contribution is -0.140. The Labute approximate surface area is 194 Å². The Morgan fingerprint density at radius 3 is 2.28 bits per heavy atom. The number of nitrogens with zero attached hydrogens (tertiary/aromatic N) is 1. The van der Waals surface area contributed by atoms with Crippen molar-refractivity contribution in [1.29, 1.82) is 0 Å². The van der Waals surface area contributed by atoms with Crippen molar-refractivity contribution in [2.45, 2.75) is 78.5 Å². The summed E-state index contributed by atoms with van der Waals surface area (Å²) in [6.07, 6.45) is -0.876. The van der Waals surface area contributed by atoms with Crippen LogP contribution in [0.1, 0.15) is 59.6 Å². The number of aliphatic hydroxyl groups excluding tert-OH is 1. The average molecular weight is 457 g/mol. The Morgan fingerprint density at radius 2 is 1.72 bits per heavy atom. The summed E-state index contributed by atoms with van der Waals surface area (Å²) >= 11 is 0. The summed E-state index contributed by atoms with van der Waals surface area (Å²) in [6.45, 7) is 16.7. The first-order valence-electron chi connectivity index (χ1n) is 11.4. The fraction of sp³-hybridized carbons (Fsp3) is 0.577. The van der Waals surface area contributed by atoms with E-state index in [1.807, 2.05) is 70.3 Å². The molecular formula is C26H38NO4Si. The number of hydrogen-bond acceptors (Lipinski definition) is 4. The van der Waals surface area contributed by atoms with Crippen LogP contribution >= 0.6 is 0 Å². The van der Waals surface area contributed by atoms with E-state index in [-0.39, 0.29) is 11.3 Å². The van der Waals surface area contributed by atoms with Crippen LogP contribution in [0, 0.1) is 11.3 Å². The minimum Gasteiger partial charge on any atom is -0.444 e. The van der Waals surface area contributed by atoms with E-state index in [2.05, 4.69) is 26.8 Å². The van der Waals surface area contributed by atoms with Gasteiger partial charge in [-0.1, -0.05) is 57.2 Å². The Bertz CT molecular complexity index is 962. The van der Waals surface area contributed by atoms with Crippen molar-refractivity contribution in [1.82, 2.24) is 4.90 Å². The highest BCUT2D eigenvalue weighted by Crippen LogP contribution is 2.49. The Hall–Kier alpha value is -1.89. The van der Waals surface area contributed by atoms with Crippen molar-refractivity contribution >= 4 is 25.9 Å². The van der Waals surface area contributed by atoms with Gasteiger partial charge in [0.25, 0.3) is 0 Å². The van der Waals surface area contributed by atoms with Gasteiger partial charge in [-0.3, -0.25) is 4.90 Å². The largest absolute Gasteiger partial charge is 0.444 e. The Kier molecular flexibility index (Phi) is 6.81. The number of hydrogen-bond donors (Lipinski definition) is 1. The van der Waals surface area contributed by atoms with Gasteiger partial charge in [0.1, 0.15) is 11.7 Å². The molecule has 3 rings (SSSR count). The molecule has 2 aromatic carbocycles. The maximum atomic E-state index is 13.4. The molecule has 1 radical (unpaired) electrons. The maximum absolute atomic E-state index is 13.4. The molecule has 1 N–H and O–H groups in total. The van der Waals surface area contributed by atoms with Gasteiger partial charge in [-0.05, 0) is 67.6 Å². The molecule has 0 aromatic heterocycles. The van der Waals surface area contributed by atoms with Gasteiger partial charge in [0.05, 0.1) is 0 Å². The van der Waals surface area contributed by atoms with E-state index in [0.717, 1.165) is 16.3 Å². The third-order valence-electron chi connectivity index (χ3n) is 6.13. The van der Waals surface area contributed by atoms with Crippen LogP contribution in [0.15, 0.2) is 42.5 Å². The summed E-state index contributed by atoms with van der Waals surface area (Å²) in [4.78, 5) is 15.1. The number of rotatable bonds is 4. The van der Waals surface area contributed by atoms with Gasteiger partial charge in [-0.2, -0.15) is 0 Å². The fourth-order valence-corrected chi connectivity index (χ4v) is 5.44. The van der Waals surface area contributed by atoms with Crippen LogP contribution < -0.4 is 0 Å². The predicted molar refractivity (Wildman–Crippen MR) is 131 cm³/mol. The van der Waals surface area contributed by atoms with Crippen molar-refractivity contribution in [2.75, 3.05) is 6.54 Å². The van der Waals surface area contributed by atoms with E-state index < -0.39 is 32.6 Å². The number of carbonyl (C=O) groups is 1. The second kappa shape index (κ2) is 8.80. The third kappa shape index (κ3) is 5.19. The van der Waals surface area contributed by atoms with Gasteiger partial charge in [0.2, 0.25) is 9.04 Å². The van der Waals surface area contributed by atoms with E-state index in [1.165, 1.54) is 0 Å². The molecule has 1 fully saturated rings. The molecule has 1 unspecified atom stereocenters. The first-order chi connectivity index (χ1) is 14.7. The predicted octanol–water partition coefficient (Wildman–Crippen LogP) is 6.14. The number of benzene rings is 2. The summed E-state index contributed by atoms with van der Waals surface area (Å²) in [6, 6.07) is 14.0. The third-order valence-corrected chi connectivity index (χ3v) is 6.90. The number of fused-ring (bicyclic) bond motifs is 1. The molecule has 0 bridgehead atoms. The summed E-state index contributed by atoms with van der Waals surface area (Å²) < 4.78 is 12.4. The topological polar surface area (TPSA) is 59.0 Å². The molecule has 6 heteroatoms. The summed E-state index contributed by atoms with van der Waals surface area (Å²) in [7, 11) is -1.25. The standard InChI is InChI=1S/C26H38NO4Si/c1-24(2,3)21-16-26(31-32(7)8,27(17-21)23(29)30-25(4,5)6)22(28)20-14-13-18-11-9-10-12-19(18)15-20/h9-15,21-22,28H,16-17H2,1-8H3/t21-,22?,26-/m0/s1. The number of likely N-dealkylation sites (tertiary alicyclic amines) is 1. The molecule has 0 saturated carbocycles. The lowest BCUT2D eigenvalue weighted by Crippen LogP contribution is -2.56. The second-order valence-electron chi connectivity index (χ2n) is 11.2. The van der Waals surface area contributed by atoms with Gasteiger partial charge < -0.3 is 14.3 Å². The highest BCUT2D eigenvalue weighted by Gasteiger charge is 2.57. The Balaban J connectivity index is 2.11. The molecule has 1 saturated heterocycles. The van der Waals surface area contributed by atoms with Crippen LogP contribution in [0.25, 0.3) is 10.8 Å². The minimum atomic E-state index is -1.25. The van der Waals surface area contributed by atoms with Crippen LogP contribution in [-0.2, 0) is 9.16 Å². The zero-order valence-electron chi connectivity index (χ0n) is 20.7. The number of amides is 1. The fourth-order valence-electron chi connectivity index (χ4n) is 4.43. The quantitative estimate of drug-likeness (QED) is 0.561. The van der Waals surface area contributed by atoms with E-state index in [1.54, 1.807) is 4.90 Å². The van der Waals surface area contributed by atoms with Crippen molar-refractivity contribution in [3.05, 3.63) is 48.0 Å². The molecule has 175 valence electrons. The SMILES string of the molecule is C[Si](C)O[C@]1(C(O)c2ccc3ccccc3c2)C[C@H](C(C)(C)C)CN1C(=O)OC(C)(C)C. The molecule has 3 atom stereocenters. The second-order valence-corrected chi connectivity index (χ2v) is 13.2. The molecule has 1 amide bonds. The van der Waals surface area contributed by atoms with Crippen LogP contribution in [0.5, 0.6) is 0 Å². The maximum Gasteiger partial charge on any atom is 0.412 e.